The van der Waals surface area contributed by atoms with Gasteiger partial charge in [0.2, 0.25) is 10.0 Å². The SMILES string of the molecule is CCCn1cc(S(=O)(=O)NC(C)c2ccsc2)cc1CO. The molecule has 0 fully saturated rings. The molecule has 2 N–H and O–H groups in total. The fourth-order valence-electron chi connectivity index (χ4n) is 2.14. The quantitative estimate of drug-likeness (QED) is 0.820. The average molecular weight is 328 g/mol. The molecule has 2 aromatic heterocycles. The molecule has 21 heavy (non-hydrogen) atoms. The molecular weight excluding hydrogens is 308 g/mol. The molecule has 2 aromatic rings. The van der Waals surface area contributed by atoms with Crippen LogP contribution < -0.4 is 4.72 Å². The summed E-state index contributed by atoms with van der Waals surface area (Å²) in [6, 6.07) is 3.14. The third-order valence-electron chi connectivity index (χ3n) is 3.27. The maximum atomic E-state index is 12.4. The molecule has 1 atom stereocenters. The number of rotatable bonds is 7. The highest BCUT2D eigenvalue weighted by molar-refractivity contribution is 7.89. The zero-order valence-electron chi connectivity index (χ0n) is 12.1. The molecule has 5 nitrogen and oxygen atoms in total. The van der Waals surface area contributed by atoms with Gasteiger partial charge < -0.3 is 9.67 Å². The van der Waals surface area contributed by atoms with Crippen LogP contribution >= 0.6 is 11.3 Å². The Kier molecular flexibility index (Phi) is 5.21. The van der Waals surface area contributed by atoms with E-state index in [-0.39, 0.29) is 17.5 Å². The Morgan fingerprint density at radius 3 is 2.81 bits per heavy atom. The largest absolute Gasteiger partial charge is 0.390 e. The van der Waals surface area contributed by atoms with Crippen LogP contribution in [0.2, 0.25) is 0 Å². The second-order valence-electron chi connectivity index (χ2n) is 4.92. The third-order valence-corrected chi connectivity index (χ3v) is 5.48. The number of nitrogens with zero attached hydrogens (tertiary/aromatic N) is 1. The molecule has 0 amide bonds. The second kappa shape index (κ2) is 6.74. The third kappa shape index (κ3) is 3.74. The van der Waals surface area contributed by atoms with Gasteiger partial charge in [0.05, 0.1) is 11.5 Å². The standard InChI is InChI=1S/C14H20N2O3S2/c1-3-5-16-8-14(7-13(16)9-17)21(18,19)15-11(2)12-4-6-20-10-12/h4,6-8,10-11,15,17H,3,5,9H2,1-2H3. The van der Waals surface area contributed by atoms with Crippen LogP contribution in [-0.2, 0) is 23.2 Å². The lowest BCUT2D eigenvalue weighted by Crippen LogP contribution is -2.26. The normalized spacial score (nSPS) is 13.5. The molecular formula is C14H20N2O3S2. The van der Waals surface area contributed by atoms with E-state index in [4.69, 9.17) is 0 Å². The van der Waals surface area contributed by atoms with Gasteiger partial charge in [-0.25, -0.2) is 13.1 Å². The summed E-state index contributed by atoms with van der Waals surface area (Å²) in [5.41, 5.74) is 1.55. The van der Waals surface area contributed by atoms with Crippen molar-refractivity contribution in [2.75, 3.05) is 0 Å². The van der Waals surface area contributed by atoms with E-state index >= 15 is 0 Å². The summed E-state index contributed by atoms with van der Waals surface area (Å²) >= 11 is 1.53. The molecule has 116 valence electrons. The van der Waals surface area contributed by atoms with Gasteiger partial charge in [-0.15, -0.1) is 0 Å². The van der Waals surface area contributed by atoms with Crippen molar-refractivity contribution < 1.29 is 13.5 Å². The lowest BCUT2D eigenvalue weighted by atomic mass is 10.2. The van der Waals surface area contributed by atoms with Gasteiger partial charge in [-0.05, 0) is 41.8 Å². The number of hydrogen-bond acceptors (Lipinski definition) is 4. The van der Waals surface area contributed by atoms with E-state index in [2.05, 4.69) is 4.72 Å². The predicted octanol–water partition coefficient (Wildman–Crippen LogP) is 2.49. The number of sulfonamides is 1. The van der Waals surface area contributed by atoms with Gasteiger partial charge >= 0.3 is 0 Å². The van der Waals surface area contributed by atoms with Crippen molar-refractivity contribution in [1.29, 1.82) is 0 Å². The highest BCUT2D eigenvalue weighted by Crippen LogP contribution is 2.21. The van der Waals surface area contributed by atoms with Crippen LogP contribution in [0.25, 0.3) is 0 Å². The highest BCUT2D eigenvalue weighted by atomic mass is 32.2. The number of aromatic nitrogens is 1. The smallest absolute Gasteiger partial charge is 0.242 e. The zero-order chi connectivity index (χ0) is 15.5. The Hall–Kier alpha value is -1.15. The fourth-order valence-corrected chi connectivity index (χ4v) is 4.19. The zero-order valence-corrected chi connectivity index (χ0v) is 13.7. The first-order valence-corrected chi connectivity index (χ1v) is 9.25. The van der Waals surface area contributed by atoms with E-state index in [9.17, 15) is 13.5 Å². The van der Waals surface area contributed by atoms with Crippen molar-refractivity contribution >= 4 is 21.4 Å². The Bertz CT molecular complexity index is 675. The summed E-state index contributed by atoms with van der Waals surface area (Å²) in [6.45, 7) is 4.34. The molecule has 0 radical (unpaired) electrons. The molecule has 2 rings (SSSR count). The van der Waals surface area contributed by atoms with Crippen LogP contribution in [0, 0.1) is 0 Å². The Labute approximate surface area is 129 Å². The molecule has 0 spiro atoms. The van der Waals surface area contributed by atoms with Crippen LogP contribution in [0.1, 0.15) is 37.6 Å². The van der Waals surface area contributed by atoms with Crippen LogP contribution in [0.3, 0.4) is 0 Å². The van der Waals surface area contributed by atoms with E-state index in [0.717, 1.165) is 12.0 Å². The molecule has 2 heterocycles. The fraction of sp³-hybridized carbons (Fsp3) is 0.429. The minimum atomic E-state index is -3.59. The topological polar surface area (TPSA) is 71.3 Å². The maximum absolute atomic E-state index is 12.4. The van der Waals surface area contributed by atoms with Crippen molar-refractivity contribution in [3.8, 4) is 0 Å². The number of aryl methyl sites for hydroxylation is 1. The van der Waals surface area contributed by atoms with Gasteiger partial charge in [0.25, 0.3) is 0 Å². The summed E-state index contributed by atoms with van der Waals surface area (Å²) < 4.78 is 29.3. The number of aliphatic hydroxyl groups is 1. The van der Waals surface area contributed by atoms with Crippen LogP contribution in [-0.4, -0.2) is 18.1 Å². The molecule has 0 saturated heterocycles. The minimum Gasteiger partial charge on any atom is -0.390 e. The molecule has 0 aromatic carbocycles. The Morgan fingerprint density at radius 2 is 2.24 bits per heavy atom. The van der Waals surface area contributed by atoms with E-state index in [1.807, 2.05) is 30.7 Å². The number of nitrogens with one attached hydrogen (secondary N) is 1. The first-order chi connectivity index (χ1) is 9.97. The molecule has 0 bridgehead atoms. The highest BCUT2D eigenvalue weighted by Gasteiger charge is 2.21. The lowest BCUT2D eigenvalue weighted by molar-refractivity contribution is 0.270. The van der Waals surface area contributed by atoms with E-state index in [1.165, 1.54) is 17.4 Å². The number of hydrogen-bond donors (Lipinski definition) is 2. The van der Waals surface area contributed by atoms with Gasteiger partial charge in [-0.2, -0.15) is 11.3 Å². The monoisotopic (exact) mass is 328 g/mol. The summed E-state index contributed by atoms with van der Waals surface area (Å²) in [4.78, 5) is 0.196. The molecule has 1 unspecified atom stereocenters. The number of aliphatic hydroxyl groups excluding tert-OH is 1. The molecule has 0 saturated carbocycles. The minimum absolute atomic E-state index is 0.171. The van der Waals surface area contributed by atoms with Crippen molar-refractivity contribution in [2.45, 2.75) is 44.4 Å². The van der Waals surface area contributed by atoms with Gasteiger partial charge in [0.15, 0.2) is 0 Å². The van der Waals surface area contributed by atoms with Crippen LogP contribution in [0.5, 0.6) is 0 Å². The maximum Gasteiger partial charge on any atom is 0.242 e. The first kappa shape index (κ1) is 16.2. The van der Waals surface area contributed by atoms with Gasteiger partial charge in [-0.3, -0.25) is 0 Å². The first-order valence-electron chi connectivity index (χ1n) is 6.82. The van der Waals surface area contributed by atoms with Gasteiger partial charge in [0, 0.05) is 24.5 Å². The van der Waals surface area contributed by atoms with Gasteiger partial charge in [-0.1, -0.05) is 6.92 Å². The average Bonchev–Trinajstić information content (AvgIpc) is 3.08. The van der Waals surface area contributed by atoms with E-state index in [1.54, 1.807) is 10.8 Å². The molecule has 0 aliphatic carbocycles. The van der Waals surface area contributed by atoms with Crippen molar-refractivity contribution in [1.82, 2.24) is 9.29 Å². The number of thiophene rings is 1. The van der Waals surface area contributed by atoms with Crippen LogP contribution in [0.4, 0.5) is 0 Å². The Morgan fingerprint density at radius 1 is 1.48 bits per heavy atom. The molecule has 0 aliphatic rings. The van der Waals surface area contributed by atoms with Crippen molar-refractivity contribution in [2.24, 2.45) is 0 Å². The lowest BCUT2D eigenvalue weighted by Gasteiger charge is -2.12. The van der Waals surface area contributed by atoms with E-state index < -0.39 is 10.0 Å². The van der Waals surface area contributed by atoms with Crippen molar-refractivity contribution in [3.05, 3.63) is 40.3 Å². The van der Waals surface area contributed by atoms with Gasteiger partial charge in [0.1, 0.15) is 0 Å². The summed E-state index contributed by atoms with van der Waals surface area (Å²) in [6.07, 6.45) is 2.46. The Balaban J connectivity index is 2.23. The summed E-state index contributed by atoms with van der Waals surface area (Å²) in [5.74, 6) is 0. The van der Waals surface area contributed by atoms with Crippen molar-refractivity contribution in [3.63, 3.8) is 0 Å². The second-order valence-corrected chi connectivity index (χ2v) is 7.41. The van der Waals surface area contributed by atoms with Crippen LogP contribution in [0.15, 0.2) is 34.0 Å². The summed E-state index contributed by atoms with van der Waals surface area (Å²) in [5, 5.41) is 13.2. The molecule has 7 heteroatoms. The van der Waals surface area contributed by atoms with E-state index in [0.29, 0.717) is 12.2 Å². The predicted molar refractivity (Wildman–Crippen MR) is 83.7 cm³/mol. The molecule has 0 aliphatic heterocycles. The summed E-state index contributed by atoms with van der Waals surface area (Å²) in [7, 11) is -3.59.